The highest BCUT2D eigenvalue weighted by molar-refractivity contribution is 7.90. The smallest absolute Gasteiger partial charge is 0.298 e. The van der Waals surface area contributed by atoms with Crippen LogP contribution in [0.4, 0.5) is 5.69 Å². The van der Waals surface area contributed by atoms with Crippen molar-refractivity contribution in [3.63, 3.8) is 0 Å². The summed E-state index contributed by atoms with van der Waals surface area (Å²) in [6.07, 6.45) is 0. The molecule has 0 aromatic heterocycles. The third-order valence-corrected chi connectivity index (χ3v) is 3.04. The van der Waals surface area contributed by atoms with Crippen LogP contribution in [-0.2, 0) is 16.8 Å². The molecule has 0 saturated heterocycles. The van der Waals surface area contributed by atoms with Gasteiger partial charge in [0.15, 0.2) is 0 Å². The van der Waals surface area contributed by atoms with E-state index in [1.807, 2.05) is 0 Å². The van der Waals surface area contributed by atoms with Gasteiger partial charge in [-0.2, -0.15) is 8.42 Å². The molecule has 6 nitrogen and oxygen atoms in total. The zero-order chi connectivity index (χ0) is 12.2. The fourth-order valence-corrected chi connectivity index (χ4v) is 1.70. The standard InChI is InChI=1S/C9H15N3O3S/c1-11-16(13,14)12-8-4-3-7(6-10)5-9(8)15-2/h3-5,11-12H,6,10H2,1-2H3. The molecule has 0 heterocycles. The lowest BCUT2D eigenvalue weighted by atomic mass is 10.2. The van der Waals surface area contributed by atoms with Gasteiger partial charge in [0.2, 0.25) is 0 Å². The number of nitrogens with one attached hydrogen (secondary N) is 2. The molecule has 0 atom stereocenters. The van der Waals surface area contributed by atoms with E-state index in [1.54, 1.807) is 18.2 Å². The van der Waals surface area contributed by atoms with Crippen molar-refractivity contribution in [2.24, 2.45) is 5.73 Å². The van der Waals surface area contributed by atoms with Crippen molar-refractivity contribution < 1.29 is 13.2 Å². The van der Waals surface area contributed by atoms with E-state index in [1.165, 1.54) is 14.2 Å². The lowest BCUT2D eigenvalue weighted by Crippen LogP contribution is -2.26. The molecule has 7 heteroatoms. The van der Waals surface area contributed by atoms with Crippen LogP contribution in [0.5, 0.6) is 5.75 Å². The molecule has 0 fully saturated rings. The highest BCUT2D eigenvalue weighted by atomic mass is 32.2. The number of ether oxygens (including phenoxy) is 1. The molecule has 0 spiro atoms. The third kappa shape index (κ3) is 3.09. The largest absolute Gasteiger partial charge is 0.495 e. The van der Waals surface area contributed by atoms with E-state index < -0.39 is 10.2 Å². The van der Waals surface area contributed by atoms with Crippen molar-refractivity contribution in [2.75, 3.05) is 18.9 Å². The van der Waals surface area contributed by atoms with Crippen LogP contribution < -0.4 is 19.9 Å². The van der Waals surface area contributed by atoms with Crippen molar-refractivity contribution in [1.82, 2.24) is 4.72 Å². The van der Waals surface area contributed by atoms with Crippen molar-refractivity contribution in [3.8, 4) is 5.75 Å². The highest BCUT2D eigenvalue weighted by Crippen LogP contribution is 2.25. The molecule has 16 heavy (non-hydrogen) atoms. The number of hydrogen-bond acceptors (Lipinski definition) is 4. The maximum atomic E-state index is 11.3. The van der Waals surface area contributed by atoms with E-state index >= 15 is 0 Å². The Kier molecular flexibility index (Phi) is 4.11. The molecule has 4 N–H and O–H groups in total. The van der Waals surface area contributed by atoms with Crippen LogP contribution in [0.15, 0.2) is 18.2 Å². The van der Waals surface area contributed by atoms with Crippen LogP contribution >= 0.6 is 0 Å². The van der Waals surface area contributed by atoms with E-state index in [-0.39, 0.29) is 0 Å². The van der Waals surface area contributed by atoms with E-state index in [4.69, 9.17) is 10.5 Å². The summed E-state index contributed by atoms with van der Waals surface area (Å²) in [6, 6.07) is 5.03. The molecule has 0 bridgehead atoms. The summed E-state index contributed by atoms with van der Waals surface area (Å²) >= 11 is 0. The maximum Gasteiger partial charge on any atom is 0.298 e. The molecule has 0 radical (unpaired) electrons. The summed E-state index contributed by atoms with van der Waals surface area (Å²) < 4.78 is 32.1. The zero-order valence-electron chi connectivity index (χ0n) is 9.15. The molecule has 1 rings (SSSR count). The Labute approximate surface area is 95.0 Å². The Morgan fingerprint density at radius 2 is 2.12 bits per heavy atom. The van der Waals surface area contributed by atoms with Crippen LogP contribution in [0.3, 0.4) is 0 Å². The van der Waals surface area contributed by atoms with Crippen LogP contribution in [-0.4, -0.2) is 22.6 Å². The van der Waals surface area contributed by atoms with Gasteiger partial charge in [-0.3, -0.25) is 4.72 Å². The average Bonchev–Trinajstić information content (AvgIpc) is 2.29. The Balaban J connectivity index is 3.05. The Bertz CT molecular complexity index is 459. The number of methoxy groups -OCH3 is 1. The summed E-state index contributed by atoms with van der Waals surface area (Å²) in [5, 5.41) is 0. The summed E-state index contributed by atoms with van der Waals surface area (Å²) in [7, 11) is -0.748. The Morgan fingerprint density at radius 1 is 1.44 bits per heavy atom. The zero-order valence-corrected chi connectivity index (χ0v) is 9.97. The van der Waals surface area contributed by atoms with Gasteiger partial charge in [0.25, 0.3) is 10.2 Å². The summed E-state index contributed by atoms with van der Waals surface area (Å²) in [5.74, 6) is 0.432. The van der Waals surface area contributed by atoms with Gasteiger partial charge in [0.05, 0.1) is 12.8 Å². The molecular formula is C9H15N3O3S. The normalized spacial score (nSPS) is 11.2. The molecule has 1 aromatic rings. The predicted molar refractivity (Wildman–Crippen MR) is 62.5 cm³/mol. The van der Waals surface area contributed by atoms with Crippen molar-refractivity contribution in [1.29, 1.82) is 0 Å². The number of hydrogen-bond donors (Lipinski definition) is 3. The maximum absolute atomic E-state index is 11.3. The highest BCUT2D eigenvalue weighted by Gasteiger charge is 2.10. The van der Waals surface area contributed by atoms with E-state index in [2.05, 4.69) is 9.44 Å². The van der Waals surface area contributed by atoms with Crippen molar-refractivity contribution in [3.05, 3.63) is 23.8 Å². The van der Waals surface area contributed by atoms with E-state index in [9.17, 15) is 8.42 Å². The van der Waals surface area contributed by atoms with Crippen LogP contribution in [0.25, 0.3) is 0 Å². The van der Waals surface area contributed by atoms with E-state index in [0.29, 0.717) is 18.0 Å². The first-order valence-electron chi connectivity index (χ1n) is 4.60. The van der Waals surface area contributed by atoms with Crippen LogP contribution in [0, 0.1) is 0 Å². The minimum Gasteiger partial charge on any atom is -0.495 e. The SMILES string of the molecule is CNS(=O)(=O)Nc1ccc(CN)cc1OC. The molecule has 0 aliphatic heterocycles. The first kappa shape index (κ1) is 12.8. The van der Waals surface area contributed by atoms with Gasteiger partial charge < -0.3 is 10.5 Å². The molecule has 1 aromatic carbocycles. The Morgan fingerprint density at radius 3 is 2.62 bits per heavy atom. The molecule has 90 valence electrons. The molecule has 0 amide bonds. The number of benzene rings is 1. The molecule has 0 unspecified atom stereocenters. The Hall–Kier alpha value is -1.31. The number of nitrogens with two attached hydrogens (primary N) is 1. The predicted octanol–water partition coefficient (Wildman–Crippen LogP) is 0.0300. The lowest BCUT2D eigenvalue weighted by Gasteiger charge is -2.11. The fourth-order valence-electron chi connectivity index (χ4n) is 1.14. The number of rotatable bonds is 5. The topological polar surface area (TPSA) is 93.5 Å². The molecule has 0 saturated carbocycles. The van der Waals surface area contributed by atoms with Crippen LogP contribution in [0.1, 0.15) is 5.56 Å². The molecule has 0 aliphatic carbocycles. The second-order valence-corrected chi connectivity index (χ2v) is 4.67. The van der Waals surface area contributed by atoms with E-state index in [0.717, 1.165) is 5.56 Å². The van der Waals surface area contributed by atoms with Crippen molar-refractivity contribution in [2.45, 2.75) is 6.54 Å². The third-order valence-electron chi connectivity index (χ3n) is 2.01. The monoisotopic (exact) mass is 245 g/mol. The summed E-state index contributed by atoms with van der Waals surface area (Å²) in [5.41, 5.74) is 6.70. The van der Waals surface area contributed by atoms with Gasteiger partial charge in [0.1, 0.15) is 5.75 Å². The second-order valence-electron chi connectivity index (χ2n) is 3.05. The second kappa shape index (κ2) is 5.15. The van der Waals surface area contributed by atoms with Crippen LogP contribution in [0.2, 0.25) is 0 Å². The molecular weight excluding hydrogens is 230 g/mol. The van der Waals surface area contributed by atoms with Gasteiger partial charge >= 0.3 is 0 Å². The molecule has 0 aliphatic rings. The first-order chi connectivity index (χ1) is 7.52. The van der Waals surface area contributed by atoms with Gasteiger partial charge in [-0.05, 0) is 17.7 Å². The minimum absolute atomic E-state index is 0.369. The van der Waals surface area contributed by atoms with Crippen molar-refractivity contribution >= 4 is 15.9 Å². The van der Waals surface area contributed by atoms with Gasteiger partial charge in [-0.1, -0.05) is 6.07 Å². The van der Waals surface area contributed by atoms with Gasteiger partial charge in [-0.15, -0.1) is 0 Å². The fraction of sp³-hybridized carbons (Fsp3) is 0.333. The summed E-state index contributed by atoms with van der Waals surface area (Å²) in [6.45, 7) is 0.370. The number of anilines is 1. The average molecular weight is 245 g/mol. The van der Waals surface area contributed by atoms with Gasteiger partial charge in [0, 0.05) is 13.6 Å². The quantitative estimate of drug-likeness (QED) is 0.682. The lowest BCUT2D eigenvalue weighted by molar-refractivity contribution is 0.416. The first-order valence-corrected chi connectivity index (χ1v) is 6.09. The summed E-state index contributed by atoms with van der Waals surface area (Å²) in [4.78, 5) is 0. The minimum atomic E-state index is -3.54. The van der Waals surface area contributed by atoms with Gasteiger partial charge in [-0.25, -0.2) is 4.72 Å².